The minimum Gasteiger partial charge on any atom is -0.366 e. The van der Waals surface area contributed by atoms with E-state index in [9.17, 15) is 9.59 Å². The molecule has 102 valence electrons. The van der Waals surface area contributed by atoms with Gasteiger partial charge in [0.1, 0.15) is 0 Å². The van der Waals surface area contributed by atoms with E-state index >= 15 is 0 Å². The third-order valence-corrected chi connectivity index (χ3v) is 2.92. The highest BCUT2D eigenvalue weighted by Crippen LogP contribution is 2.11. The summed E-state index contributed by atoms with van der Waals surface area (Å²) in [6.07, 6.45) is 0.293. The van der Waals surface area contributed by atoms with Crippen LogP contribution in [-0.2, 0) is 11.2 Å². The minimum atomic E-state index is -0.514. The molecule has 0 aromatic heterocycles. The number of anilines is 1. The van der Waals surface area contributed by atoms with Gasteiger partial charge in [0, 0.05) is 11.3 Å². The molecule has 0 aliphatic rings. The number of nitrogens with two attached hydrogens (primary N) is 1. The molecule has 0 bridgehead atoms. The Morgan fingerprint density at radius 2 is 1.80 bits per heavy atom. The molecule has 2 aromatic carbocycles. The Morgan fingerprint density at radius 3 is 2.45 bits per heavy atom. The fourth-order valence-corrected chi connectivity index (χ4v) is 1.85. The van der Waals surface area contributed by atoms with Crippen LogP contribution in [0.1, 0.15) is 21.5 Å². The van der Waals surface area contributed by atoms with Crippen molar-refractivity contribution in [2.24, 2.45) is 5.73 Å². The molecule has 0 aliphatic heterocycles. The zero-order valence-electron chi connectivity index (χ0n) is 11.2. The number of hydrogen-bond acceptors (Lipinski definition) is 2. The molecule has 0 saturated heterocycles. The first kappa shape index (κ1) is 13.8. The van der Waals surface area contributed by atoms with E-state index in [1.165, 1.54) is 0 Å². The van der Waals surface area contributed by atoms with Gasteiger partial charge in [0.05, 0.1) is 6.42 Å². The number of benzene rings is 2. The molecule has 0 unspecified atom stereocenters. The quantitative estimate of drug-likeness (QED) is 0.892. The average molecular weight is 268 g/mol. The molecule has 0 radical (unpaired) electrons. The molecule has 20 heavy (non-hydrogen) atoms. The summed E-state index contributed by atoms with van der Waals surface area (Å²) in [5.74, 6) is -0.643. The SMILES string of the molecule is Cc1ccc(CC(=O)Nc2cccc(C(N)=O)c2)cc1. The van der Waals surface area contributed by atoms with E-state index < -0.39 is 5.91 Å². The summed E-state index contributed by atoms with van der Waals surface area (Å²) in [4.78, 5) is 23.0. The normalized spacial score (nSPS) is 10.1. The second-order valence-corrected chi connectivity index (χ2v) is 4.66. The largest absolute Gasteiger partial charge is 0.366 e. The van der Waals surface area contributed by atoms with Crippen molar-refractivity contribution in [1.29, 1.82) is 0 Å². The van der Waals surface area contributed by atoms with Crippen LogP contribution in [-0.4, -0.2) is 11.8 Å². The van der Waals surface area contributed by atoms with Gasteiger partial charge in [-0.3, -0.25) is 9.59 Å². The minimum absolute atomic E-state index is 0.129. The standard InChI is InChI=1S/C16H16N2O2/c1-11-5-7-12(8-6-11)9-15(19)18-14-4-2-3-13(10-14)16(17)20/h2-8,10H,9H2,1H3,(H2,17,20)(H,18,19). The van der Waals surface area contributed by atoms with E-state index in [4.69, 9.17) is 5.73 Å². The lowest BCUT2D eigenvalue weighted by Gasteiger charge is -2.06. The second kappa shape index (κ2) is 6.02. The van der Waals surface area contributed by atoms with Crippen LogP contribution in [0.3, 0.4) is 0 Å². The van der Waals surface area contributed by atoms with Crippen LogP contribution < -0.4 is 11.1 Å². The molecule has 3 N–H and O–H groups in total. The lowest BCUT2D eigenvalue weighted by atomic mass is 10.1. The highest BCUT2D eigenvalue weighted by molar-refractivity contribution is 5.96. The molecule has 4 nitrogen and oxygen atoms in total. The van der Waals surface area contributed by atoms with Crippen molar-refractivity contribution in [3.05, 3.63) is 65.2 Å². The smallest absolute Gasteiger partial charge is 0.248 e. The summed E-state index contributed by atoms with van der Waals surface area (Å²) in [6, 6.07) is 14.4. The number of carbonyl (C=O) groups excluding carboxylic acids is 2. The molecule has 0 saturated carbocycles. The van der Waals surface area contributed by atoms with Crippen LogP contribution >= 0.6 is 0 Å². The first-order valence-corrected chi connectivity index (χ1v) is 6.30. The maximum atomic E-state index is 11.9. The predicted octanol–water partition coefficient (Wildman–Crippen LogP) is 2.28. The fraction of sp³-hybridized carbons (Fsp3) is 0.125. The molecule has 0 spiro atoms. The Balaban J connectivity index is 2.02. The molecule has 0 fully saturated rings. The van der Waals surface area contributed by atoms with Gasteiger partial charge < -0.3 is 11.1 Å². The topological polar surface area (TPSA) is 72.2 Å². The highest BCUT2D eigenvalue weighted by Gasteiger charge is 2.06. The van der Waals surface area contributed by atoms with Crippen molar-refractivity contribution >= 4 is 17.5 Å². The molecule has 4 heteroatoms. The van der Waals surface area contributed by atoms with Gasteiger partial charge in [-0.15, -0.1) is 0 Å². The van der Waals surface area contributed by atoms with Crippen molar-refractivity contribution in [2.75, 3.05) is 5.32 Å². The molecule has 0 aliphatic carbocycles. The first-order valence-electron chi connectivity index (χ1n) is 6.30. The number of aryl methyl sites for hydroxylation is 1. The van der Waals surface area contributed by atoms with E-state index in [1.54, 1.807) is 24.3 Å². The van der Waals surface area contributed by atoms with Gasteiger partial charge >= 0.3 is 0 Å². The Hall–Kier alpha value is -2.62. The third-order valence-electron chi connectivity index (χ3n) is 2.92. The summed E-state index contributed by atoms with van der Waals surface area (Å²) in [5.41, 5.74) is 8.24. The Labute approximate surface area is 117 Å². The van der Waals surface area contributed by atoms with Crippen LogP contribution in [0.15, 0.2) is 48.5 Å². The number of amides is 2. The average Bonchev–Trinajstić information content (AvgIpc) is 2.41. The van der Waals surface area contributed by atoms with Gasteiger partial charge in [0.2, 0.25) is 11.8 Å². The summed E-state index contributed by atoms with van der Waals surface area (Å²) >= 11 is 0. The van der Waals surface area contributed by atoms with E-state index in [-0.39, 0.29) is 5.91 Å². The van der Waals surface area contributed by atoms with Crippen molar-refractivity contribution in [1.82, 2.24) is 0 Å². The fourth-order valence-electron chi connectivity index (χ4n) is 1.85. The van der Waals surface area contributed by atoms with Crippen LogP contribution in [0.5, 0.6) is 0 Å². The summed E-state index contributed by atoms with van der Waals surface area (Å²) < 4.78 is 0. The molecule has 0 atom stereocenters. The zero-order chi connectivity index (χ0) is 14.5. The number of rotatable bonds is 4. The monoisotopic (exact) mass is 268 g/mol. The molecule has 0 heterocycles. The lowest BCUT2D eigenvalue weighted by molar-refractivity contribution is -0.115. The maximum absolute atomic E-state index is 11.9. The summed E-state index contributed by atoms with van der Waals surface area (Å²) in [7, 11) is 0. The molecule has 2 amide bonds. The molecular weight excluding hydrogens is 252 g/mol. The predicted molar refractivity (Wildman–Crippen MR) is 78.5 cm³/mol. The Bertz CT molecular complexity index is 633. The van der Waals surface area contributed by atoms with Crippen LogP contribution in [0.25, 0.3) is 0 Å². The summed E-state index contributed by atoms with van der Waals surface area (Å²) in [5, 5.41) is 2.75. The highest BCUT2D eigenvalue weighted by atomic mass is 16.2. The van der Waals surface area contributed by atoms with Gasteiger partial charge in [-0.05, 0) is 30.7 Å². The van der Waals surface area contributed by atoms with E-state index in [2.05, 4.69) is 5.32 Å². The van der Waals surface area contributed by atoms with E-state index in [1.807, 2.05) is 31.2 Å². The molecule has 2 rings (SSSR count). The first-order chi connectivity index (χ1) is 9.54. The van der Waals surface area contributed by atoms with Gasteiger partial charge in [0.25, 0.3) is 0 Å². The van der Waals surface area contributed by atoms with Gasteiger partial charge in [-0.1, -0.05) is 35.9 Å². The molecule has 2 aromatic rings. The zero-order valence-corrected chi connectivity index (χ0v) is 11.2. The number of primary amides is 1. The number of hydrogen-bond donors (Lipinski definition) is 2. The van der Waals surface area contributed by atoms with Crippen LogP contribution in [0.4, 0.5) is 5.69 Å². The maximum Gasteiger partial charge on any atom is 0.248 e. The van der Waals surface area contributed by atoms with Gasteiger partial charge in [0.15, 0.2) is 0 Å². The lowest BCUT2D eigenvalue weighted by Crippen LogP contribution is -2.16. The van der Waals surface area contributed by atoms with Crippen molar-refractivity contribution in [2.45, 2.75) is 13.3 Å². The molecular formula is C16H16N2O2. The van der Waals surface area contributed by atoms with Crippen molar-refractivity contribution < 1.29 is 9.59 Å². The third kappa shape index (κ3) is 3.68. The van der Waals surface area contributed by atoms with E-state index in [0.717, 1.165) is 11.1 Å². The summed E-state index contributed by atoms with van der Waals surface area (Å²) in [6.45, 7) is 2.00. The number of nitrogens with one attached hydrogen (secondary N) is 1. The van der Waals surface area contributed by atoms with Gasteiger partial charge in [-0.2, -0.15) is 0 Å². The second-order valence-electron chi connectivity index (χ2n) is 4.66. The van der Waals surface area contributed by atoms with Crippen LogP contribution in [0, 0.1) is 6.92 Å². The van der Waals surface area contributed by atoms with Crippen molar-refractivity contribution in [3.8, 4) is 0 Å². The Morgan fingerprint density at radius 1 is 1.10 bits per heavy atom. The van der Waals surface area contributed by atoms with Crippen molar-refractivity contribution in [3.63, 3.8) is 0 Å². The van der Waals surface area contributed by atoms with Crippen LogP contribution in [0.2, 0.25) is 0 Å². The van der Waals surface area contributed by atoms with E-state index in [0.29, 0.717) is 17.7 Å². The number of carbonyl (C=O) groups is 2. The van der Waals surface area contributed by atoms with Gasteiger partial charge in [-0.25, -0.2) is 0 Å². The Kier molecular flexibility index (Phi) is 4.15.